The fraction of sp³-hybridized carbons (Fsp3) is 0.211. The highest BCUT2D eigenvalue weighted by atomic mass is 16.3. The lowest BCUT2D eigenvalue weighted by molar-refractivity contribution is 0.479. The molecule has 1 aromatic heterocycles. The third-order valence-corrected chi connectivity index (χ3v) is 3.81. The summed E-state index contributed by atoms with van der Waals surface area (Å²) < 4.78 is 5.98. The number of benzene rings is 2. The van der Waals surface area contributed by atoms with Gasteiger partial charge in [0.15, 0.2) is 5.43 Å². The molecule has 3 nitrogen and oxygen atoms in total. The van der Waals surface area contributed by atoms with Crippen LogP contribution in [0.3, 0.4) is 0 Å². The summed E-state index contributed by atoms with van der Waals surface area (Å²) in [7, 11) is 0. The van der Waals surface area contributed by atoms with Crippen LogP contribution in [-0.2, 0) is 6.42 Å². The van der Waals surface area contributed by atoms with Gasteiger partial charge in [0.05, 0.1) is 0 Å². The molecule has 0 atom stereocenters. The molecule has 0 aliphatic rings. The highest BCUT2D eigenvalue weighted by Gasteiger charge is 2.17. The van der Waals surface area contributed by atoms with Crippen LogP contribution in [0.2, 0.25) is 0 Å². The van der Waals surface area contributed by atoms with Crippen LogP contribution < -0.4 is 5.43 Å². The molecule has 0 fully saturated rings. The van der Waals surface area contributed by atoms with E-state index in [2.05, 4.69) is 6.92 Å². The molecule has 1 N–H and O–H groups in total. The summed E-state index contributed by atoms with van der Waals surface area (Å²) in [5, 5.41) is 10.3. The van der Waals surface area contributed by atoms with E-state index in [-0.39, 0.29) is 16.6 Å². The summed E-state index contributed by atoms with van der Waals surface area (Å²) in [6, 6.07) is 14.6. The standard InChI is InChI=1S/C19H18O3/c1-2-3-10-14-18(21)17-15(20)11-7-12-16(17)22-19(14)13-8-5-4-6-9-13/h4-9,11-12,20H,2-3,10H2,1H3. The minimum Gasteiger partial charge on any atom is -0.507 e. The number of unbranched alkanes of at least 4 members (excludes halogenated alkanes) is 1. The minimum atomic E-state index is -0.133. The number of phenolic OH excluding ortho intramolecular Hbond substituents is 1. The normalized spacial score (nSPS) is 11.0. The van der Waals surface area contributed by atoms with Crippen LogP contribution in [0, 0.1) is 0 Å². The Morgan fingerprint density at radius 3 is 2.55 bits per heavy atom. The molecule has 0 saturated heterocycles. The molecule has 2 aromatic carbocycles. The van der Waals surface area contributed by atoms with E-state index in [9.17, 15) is 9.90 Å². The van der Waals surface area contributed by atoms with E-state index in [1.54, 1.807) is 12.1 Å². The van der Waals surface area contributed by atoms with Crippen LogP contribution in [-0.4, -0.2) is 5.11 Å². The average molecular weight is 294 g/mol. The summed E-state index contributed by atoms with van der Waals surface area (Å²) in [5.41, 5.74) is 1.81. The first kappa shape index (κ1) is 14.4. The predicted octanol–water partition coefficient (Wildman–Crippen LogP) is 4.51. The van der Waals surface area contributed by atoms with Gasteiger partial charge in [-0.25, -0.2) is 0 Å². The molecule has 3 aromatic rings. The maximum atomic E-state index is 12.8. The minimum absolute atomic E-state index is 0.0244. The topological polar surface area (TPSA) is 50.4 Å². The van der Waals surface area contributed by atoms with Crippen LogP contribution in [0.1, 0.15) is 25.3 Å². The Hall–Kier alpha value is -2.55. The summed E-state index contributed by atoms with van der Waals surface area (Å²) in [6.07, 6.45) is 2.55. The predicted molar refractivity (Wildman–Crippen MR) is 88.2 cm³/mol. The molecule has 3 heteroatoms. The van der Waals surface area contributed by atoms with Crippen molar-refractivity contribution in [3.8, 4) is 17.1 Å². The maximum Gasteiger partial charge on any atom is 0.200 e. The van der Waals surface area contributed by atoms with Gasteiger partial charge in [0, 0.05) is 11.1 Å². The molecule has 1 heterocycles. The lowest BCUT2D eigenvalue weighted by Gasteiger charge is -2.10. The fourth-order valence-electron chi connectivity index (χ4n) is 2.66. The van der Waals surface area contributed by atoms with E-state index in [0.717, 1.165) is 18.4 Å². The van der Waals surface area contributed by atoms with Gasteiger partial charge < -0.3 is 9.52 Å². The Balaban J connectivity index is 2.32. The van der Waals surface area contributed by atoms with Gasteiger partial charge in [-0.2, -0.15) is 0 Å². The van der Waals surface area contributed by atoms with Gasteiger partial charge in [0.2, 0.25) is 0 Å². The van der Waals surface area contributed by atoms with Crippen molar-refractivity contribution < 1.29 is 9.52 Å². The lowest BCUT2D eigenvalue weighted by Crippen LogP contribution is -2.11. The summed E-state index contributed by atoms with van der Waals surface area (Å²) in [5.74, 6) is 0.584. The molecular formula is C19H18O3. The highest BCUT2D eigenvalue weighted by molar-refractivity contribution is 5.85. The molecule has 0 spiro atoms. The van der Waals surface area contributed by atoms with Gasteiger partial charge in [-0.1, -0.05) is 49.7 Å². The quantitative estimate of drug-likeness (QED) is 0.770. The maximum absolute atomic E-state index is 12.8. The van der Waals surface area contributed by atoms with Crippen LogP contribution in [0.4, 0.5) is 0 Å². The first-order valence-corrected chi connectivity index (χ1v) is 7.55. The Labute approximate surface area is 128 Å². The van der Waals surface area contributed by atoms with E-state index in [0.29, 0.717) is 23.3 Å². The molecule has 112 valence electrons. The Kier molecular flexibility index (Phi) is 3.96. The van der Waals surface area contributed by atoms with Crippen molar-refractivity contribution in [3.63, 3.8) is 0 Å². The van der Waals surface area contributed by atoms with E-state index in [1.807, 2.05) is 30.3 Å². The third-order valence-electron chi connectivity index (χ3n) is 3.81. The molecule has 0 aliphatic carbocycles. The zero-order valence-electron chi connectivity index (χ0n) is 12.5. The highest BCUT2D eigenvalue weighted by Crippen LogP contribution is 2.30. The molecule has 0 unspecified atom stereocenters. The van der Waals surface area contributed by atoms with Crippen molar-refractivity contribution in [1.82, 2.24) is 0 Å². The van der Waals surface area contributed by atoms with Crippen molar-refractivity contribution in [1.29, 1.82) is 0 Å². The van der Waals surface area contributed by atoms with E-state index < -0.39 is 0 Å². The Bertz CT molecular complexity index is 848. The van der Waals surface area contributed by atoms with E-state index >= 15 is 0 Å². The molecular weight excluding hydrogens is 276 g/mol. The molecule has 0 amide bonds. The van der Waals surface area contributed by atoms with Crippen LogP contribution in [0.15, 0.2) is 57.7 Å². The second kappa shape index (κ2) is 6.06. The van der Waals surface area contributed by atoms with E-state index in [1.165, 1.54) is 6.07 Å². The molecule has 3 rings (SSSR count). The first-order chi connectivity index (χ1) is 10.7. The number of rotatable bonds is 4. The zero-order valence-corrected chi connectivity index (χ0v) is 12.5. The Morgan fingerprint density at radius 2 is 1.82 bits per heavy atom. The number of fused-ring (bicyclic) bond motifs is 1. The van der Waals surface area contributed by atoms with E-state index in [4.69, 9.17) is 4.42 Å². The molecule has 0 saturated carbocycles. The summed E-state index contributed by atoms with van der Waals surface area (Å²) in [4.78, 5) is 12.8. The van der Waals surface area contributed by atoms with Crippen molar-refractivity contribution in [2.45, 2.75) is 26.2 Å². The van der Waals surface area contributed by atoms with Gasteiger partial charge in [-0.3, -0.25) is 4.79 Å². The largest absolute Gasteiger partial charge is 0.507 e. The monoisotopic (exact) mass is 294 g/mol. The zero-order chi connectivity index (χ0) is 15.5. The summed E-state index contributed by atoms with van der Waals surface area (Å²) >= 11 is 0. The van der Waals surface area contributed by atoms with Gasteiger partial charge in [0.1, 0.15) is 22.5 Å². The first-order valence-electron chi connectivity index (χ1n) is 7.55. The summed E-state index contributed by atoms with van der Waals surface area (Å²) in [6.45, 7) is 2.09. The van der Waals surface area contributed by atoms with Gasteiger partial charge in [-0.05, 0) is 25.0 Å². The van der Waals surface area contributed by atoms with Crippen molar-refractivity contribution in [2.24, 2.45) is 0 Å². The van der Waals surface area contributed by atoms with Gasteiger partial charge in [-0.15, -0.1) is 0 Å². The van der Waals surface area contributed by atoms with Crippen LogP contribution in [0.5, 0.6) is 5.75 Å². The van der Waals surface area contributed by atoms with Gasteiger partial charge in [0.25, 0.3) is 0 Å². The lowest BCUT2D eigenvalue weighted by atomic mass is 10.00. The van der Waals surface area contributed by atoms with Crippen LogP contribution >= 0.6 is 0 Å². The molecule has 0 aliphatic heterocycles. The molecule has 22 heavy (non-hydrogen) atoms. The SMILES string of the molecule is CCCCc1c(-c2ccccc2)oc2cccc(O)c2c1=O. The third kappa shape index (κ3) is 2.50. The van der Waals surface area contributed by atoms with Crippen LogP contribution in [0.25, 0.3) is 22.3 Å². The average Bonchev–Trinajstić information content (AvgIpc) is 2.54. The molecule has 0 radical (unpaired) electrons. The fourth-order valence-corrected chi connectivity index (χ4v) is 2.66. The smallest absolute Gasteiger partial charge is 0.200 e. The second-order valence-electron chi connectivity index (χ2n) is 5.36. The van der Waals surface area contributed by atoms with Gasteiger partial charge >= 0.3 is 0 Å². The Morgan fingerprint density at radius 1 is 1.05 bits per heavy atom. The van der Waals surface area contributed by atoms with Crippen molar-refractivity contribution in [2.75, 3.05) is 0 Å². The van der Waals surface area contributed by atoms with Crippen molar-refractivity contribution in [3.05, 3.63) is 64.3 Å². The number of aromatic hydroxyl groups is 1. The number of phenols is 1. The van der Waals surface area contributed by atoms with Crippen molar-refractivity contribution >= 4 is 11.0 Å². The molecule has 0 bridgehead atoms. The number of hydrogen-bond donors (Lipinski definition) is 1. The number of hydrogen-bond acceptors (Lipinski definition) is 3. The second-order valence-corrected chi connectivity index (χ2v) is 5.36.